The van der Waals surface area contributed by atoms with Crippen LogP contribution in [0.3, 0.4) is 0 Å². The molecule has 1 N–H and O–H groups in total. The van der Waals surface area contributed by atoms with Crippen molar-refractivity contribution in [3.8, 4) is 11.8 Å². The van der Waals surface area contributed by atoms with E-state index < -0.39 is 0 Å². The van der Waals surface area contributed by atoms with Gasteiger partial charge >= 0.3 is 5.97 Å². The van der Waals surface area contributed by atoms with Crippen LogP contribution < -0.4 is 5.32 Å². The Labute approximate surface area is 200 Å². The molecule has 0 radical (unpaired) electrons. The topological polar surface area (TPSA) is 84.1 Å². The van der Waals surface area contributed by atoms with Crippen molar-refractivity contribution in [1.82, 2.24) is 9.88 Å². The number of rotatable bonds is 9. The summed E-state index contributed by atoms with van der Waals surface area (Å²) in [4.78, 5) is 24.5. The first-order valence-electron chi connectivity index (χ1n) is 11.3. The van der Waals surface area contributed by atoms with E-state index in [0.29, 0.717) is 18.7 Å². The molecule has 0 unspecified atom stereocenters. The van der Waals surface area contributed by atoms with Gasteiger partial charge in [-0.3, -0.25) is 4.79 Å². The molecule has 0 bridgehead atoms. The summed E-state index contributed by atoms with van der Waals surface area (Å²) in [5.41, 5.74) is 5.30. The number of nitrogens with one attached hydrogen (secondary N) is 1. The van der Waals surface area contributed by atoms with Gasteiger partial charge in [0.15, 0.2) is 0 Å². The maximum atomic E-state index is 12.6. The highest BCUT2D eigenvalue weighted by Crippen LogP contribution is 2.23. The smallest absolute Gasteiger partial charge is 0.338 e. The Balaban J connectivity index is 1.70. The lowest BCUT2D eigenvalue weighted by Crippen LogP contribution is -2.25. The Morgan fingerprint density at radius 3 is 2.44 bits per heavy atom. The number of aryl methyl sites for hydroxylation is 2. The number of esters is 1. The van der Waals surface area contributed by atoms with Crippen LogP contribution in [0.15, 0.2) is 66.2 Å². The fourth-order valence-electron chi connectivity index (χ4n) is 3.83. The van der Waals surface area contributed by atoms with Crippen molar-refractivity contribution in [2.24, 2.45) is 0 Å². The van der Waals surface area contributed by atoms with E-state index in [-0.39, 0.29) is 17.4 Å². The molecule has 2 aromatic carbocycles. The monoisotopic (exact) mass is 455 g/mol. The standard InChI is InChI=1S/C28H29N3O3/c1-4-34-28(33)23-12-14-26(15-13-23)31-20(2)17-24(21(31)3)18-25(19-29)27(32)30-16-8-11-22-9-6-5-7-10-22/h5-7,9-10,12-15,17-18H,4,8,11,16H2,1-3H3,(H,30,32)/b25-18-. The molecule has 0 saturated carbocycles. The molecule has 1 amide bonds. The molecule has 3 rings (SSSR count). The zero-order valence-electron chi connectivity index (χ0n) is 19.8. The van der Waals surface area contributed by atoms with E-state index in [4.69, 9.17) is 4.74 Å². The minimum absolute atomic E-state index is 0.0672. The van der Waals surface area contributed by atoms with Crippen LogP contribution in [0.5, 0.6) is 0 Å². The average Bonchev–Trinajstić information content (AvgIpc) is 3.13. The van der Waals surface area contributed by atoms with Crippen LogP contribution >= 0.6 is 0 Å². The summed E-state index contributed by atoms with van der Waals surface area (Å²) < 4.78 is 7.06. The van der Waals surface area contributed by atoms with Gasteiger partial charge in [0.1, 0.15) is 11.6 Å². The van der Waals surface area contributed by atoms with E-state index in [0.717, 1.165) is 35.5 Å². The number of nitrogens with zero attached hydrogens (tertiary/aromatic N) is 2. The van der Waals surface area contributed by atoms with E-state index in [9.17, 15) is 14.9 Å². The Morgan fingerprint density at radius 1 is 1.09 bits per heavy atom. The molecule has 174 valence electrons. The minimum atomic E-state index is -0.376. The number of amides is 1. The molecule has 1 heterocycles. The highest BCUT2D eigenvalue weighted by atomic mass is 16.5. The van der Waals surface area contributed by atoms with E-state index >= 15 is 0 Å². The second kappa shape index (κ2) is 11.7. The molecule has 6 heteroatoms. The lowest BCUT2D eigenvalue weighted by molar-refractivity contribution is -0.117. The largest absolute Gasteiger partial charge is 0.462 e. The summed E-state index contributed by atoms with van der Waals surface area (Å²) in [6, 6.07) is 21.2. The van der Waals surface area contributed by atoms with Crippen LogP contribution in [0.25, 0.3) is 11.8 Å². The van der Waals surface area contributed by atoms with Gasteiger partial charge in [0.05, 0.1) is 12.2 Å². The number of ether oxygens (including phenoxy) is 1. The third-order valence-corrected chi connectivity index (χ3v) is 5.54. The third kappa shape index (κ3) is 6.02. The molecule has 0 atom stereocenters. The highest BCUT2D eigenvalue weighted by Gasteiger charge is 2.14. The fourth-order valence-corrected chi connectivity index (χ4v) is 3.83. The summed E-state index contributed by atoms with van der Waals surface area (Å²) in [7, 11) is 0. The van der Waals surface area contributed by atoms with Crippen molar-refractivity contribution in [3.63, 3.8) is 0 Å². The van der Waals surface area contributed by atoms with Crippen LogP contribution in [0.2, 0.25) is 0 Å². The molecule has 0 aliphatic carbocycles. The van der Waals surface area contributed by atoms with Crippen molar-refractivity contribution in [2.45, 2.75) is 33.6 Å². The quantitative estimate of drug-likeness (QED) is 0.215. The molecule has 1 aromatic heterocycles. The van der Waals surface area contributed by atoms with Gasteiger partial charge in [-0.15, -0.1) is 0 Å². The molecule has 0 saturated heterocycles. The maximum absolute atomic E-state index is 12.6. The average molecular weight is 456 g/mol. The number of nitriles is 1. The van der Waals surface area contributed by atoms with Crippen LogP contribution in [0.4, 0.5) is 0 Å². The van der Waals surface area contributed by atoms with Gasteiger partial charge in [-0.05, 0) is 81.1 Å². The van der Waals surface area contributed by atoms with Crippen LogP contribution in [-0.2, 0) is 16.0 Å². The molecule has 0 aliphatic rings. The molecular weight excluding hydrogens is 426 g/mol. The SMILES string of the molecule is CCOC(=O)c1ccc(-n2c(C)cc(/C=C(/C#N)C(=O)NCCCc3ccccc3)c2C)cc1. The van der Waals surface area contributed by atoms with Crippen molar-refractivity contribution < 1.29 is 14.3 Å². The number of hydrogen-bond acceptors (Lipinski definition) is 4. The second-order valence-electron chi connectivity index (χ2n) is 7.94. The van der Waals surface area contributed by atoms with Crippen LogP contribution in [0, 0.1) is 25.2 Å². The Morgan fingerprint density at radius 2 is 1.79 bits per heavy atom. The van der Waals surface area contributed by atoms with Gasteiger partial charge in [-0.2, -0.15) is 5.26 Å². The van der Waals surface area contributed by atoms with E-state index in [2.05, 4.69) is 17.4 Å². The molecule has 0 fully saturated rings. The van der Waals surface area contributed by atoms with Gasteiger partial charge in [0.2, 0.25) is 0 Å². The number of carbonyl (C=O) groups excluding carboxylic acids is 2. The summed E-state index contributed by atoms with van der Waals surface area (Å²) in [5, 5.41) is 12.4. The van der Waals surface area contributed by atoms with Crippen LogP contribution in [0.1, 0.15) is 46.2 Å². The summed E-state index contributed by atoms with van der Waals surface area (Å²) in [6.07, 6.45) is 3.28. The van der Waals surface area contributed by atoms with Crippen molar-refractivity contribution in [1.29, 1.82) is 5.26 Å². The molecule has 0 aliphatic heterocycles. The van der Waals surface area contributed by atoms with E-state index in [1.165, 1.54) is 5.56 Å². The van der Waals surface area contributed by atoms with Gasteiger partial charge in [0, 0.05) is 23.6 Å². The Kier molecular flexibility index (Phi) is 8.42. The first kappa shape index (κ1) is 24.5. The summed E-state index contributed by atoms with van der Waals surface area (Å²) in [6.45, 7) is 6.49. The highest BCUT2D eigenvalue weighted by molar-refractivity contribution is 6.01. The van der Waals surface area contributed by atoms with Gasteiger partial charge in [-0.25, -0.2) is 4.79 Å². The zero-order chi connectivity index (χ0) is 24.5. The summed E-state index contributed by atoms with van der Waals surface area (Å²) in [5.74, 6) is -0.730. The number of benzene rings is 2. The van der Waals surface area contributed by atoms with Gasteiger partial charge < -0.3 is 14.6 Å². The minimum Gasteiger partial charge on any atom is -0.462 e. The van der Waals surface area contributed by atoms with Crippen molar-refractivity contribution in [2.75, 3.05) is 13.2 Å². The van der Waals surface area contributed by atoms with Crippen LogP contribution in [-0.4, -0.2) is 29.6 Å². The van der Waals surface area contributed by atoms with Crippen molar-refractivity contribution in [3.05, 3.63) is 94.3 Å². The fraction of sp³-hybridized carbons (Fsp3) is 0.250. The number of aromatic nitrogens is 1. The predicted molar refractivity (Wildman–Crippen MR) is 133 cm³/mol. The first-order chi connectivity index (χ1) is 16.4. The number of hydrogen-bond donors (Lipinski definition) is 1. The van der Waals surface area contributed by atoms with Gasteiger partial charge in [0.25, 0.3) is 5.91 Å². The molecule has 6 nitrogen and oxygen atoms in total. The third-order valence-electron chi connectivity index (χ3n) is 5.54. The first-order valence-corrected chi connectivity index (χ1v) is 11.3. The molecule has 0 spiro atoms. The molecule has 34 heavy (non-hydrogen) atoms. The zero-order valence-corrected chi connectivity index (χ0v) is 19.8. The lowest BCUT2D eigenvalue weighted by atomic mass is 10.1. The van der Waals surface area contributed by atoms with Crippen molar-refractivity contribution >= 4 is 18.0 Å². The molecular formula is C28H29N3O3. The Hall–Kier alpha value is -4.11. The summed E-state index contributed by atoms with van der Waals surface area (Å²) >= 11 is 0. The number of carbonyl (C=O) groups is 2. The Bertz CT molecular complexity index is 1220. The predicted octanol–water partition coefficient (Wildman–Crippen LogP) is 4.93. The van der Waals surface area contributed by atoms with Gasteiger partial charge in [-0.1, -0.05) is 30.3 Å². The van der Waals surface area contributed by atoms with E-state index in [1.54, 1.807) is 25.1 Å². The lowest BCUT2D eigenvalue weighted by Gasteiger charge is -2.10. The second-order valence-corrected chi connectivity index (χ2v) is 7.94. The normalized spacial score (nSPS) is 11.1. The maximum Gasteiger partial charge on any atom is 0.338 e. The van der Waals surface area contributed by atoms with E-state index in [1.807, 2.05) is 60.9 Å². The molecule has 3 aromatic rings.